The molecule has 0 bridgehead atoms. The molecule has 5 heteroatoms. The van der Waals surface area contributed by atoms with Crippen molar-refractivity contribution in [1.82, 2.24) is 23.3 Å². The average Bonchev–Trinajstić information content (AvgIpc) is 4.27. The number of pyridine rings is 1. The van der Waals surface area contributed by atoms with E-state index in [0.29, 0.717) is 0 Å². The zero-order valence-corrected chi connectivity index (χ0v) is 41.4. The lowest BCUT2D eigenvalue weighted by molar-refractivity contribution is 1.12. The Morgan fingerprint density at radius 3 is 1.21 bits per heavy atom. The molecule has 0 aliphatic rings. The minimum Gasteiger partial charge on any atom is -0.309 e. The van der Waals surface area contributed by atoms with Gasteiger partial charge in [-0.2, -0.15) is 0 Å². The number of benzene rings is 10. The summed E-state index contributed by atoms with van der Waals surface area (Å²) in [6, 6.07) is 92.1. The number of allylic oxidation sites excluding steroid dienone is 4. The van der Waals surface area contributed by atoms with Crippen LogP contribution in [0.1, 0.15) is 5.69 Å². The van der Waals surface area contributed by atoms with Gasteiger partial charge in [0.2, 0.25) is 0 Å². The molecule has 15 rings (SSSR count). The highest BCUT2D eigenvalue weighted by molar-refractivity contribution is 6.14. The van der Waals surface area contributed by atoms with E-state index in [2.05, 4.69) is 292 Å². The first-order chi connectivity index (χ1) is 37.7. The van der Waals surface area contributed by atoms with Crippen LogP contribution in [-0.4, -0.2) is 23.3 Å². The summed E-state index contributed by atoms with van der Waals surface area (Å²) in [4.78, 5) is 6.02. The summed E-state index contributed by atoms with van der Waals surface area (Å²) in [5.74, 6) is 0. The van der Waals surface area contributed by atoms with Crippen LogP contribution < -0.4 is 0 Å². The van der Waals surface area contributed by atoms with Crippen LogP contribution in [0.5, 0.6) is 0 Å². The van der Waals surface area contributed by atoms with Gasteiger partial charge >= 0.3 is 0 Å². The van der Waals surface area contributed by atoms with Crippen LogP contribution in [0.25, 0.3) is 132 Å². The molecule has 5 nitrogen and oxygen atoms in total. The molecule has 0 aliphatic heterocycles. The van der Waals surface area contributed by atoms with E-state index in [4.69, 9.17) is 4.98 Å². The van der Waals surface area contributed by atoms with Crippen molar-refractivity contribution in [3.63, 3.8) is 0 Å². The smallest absolute Gasteiger partial charge is 0.0884 e. The number of hydrogen-bond acceptors (Lipinski definition) is 1. The molecule has 76 heavy (non-hydrogen) atoms. The van der Waals surface area contributed by atoms with Crippen LogP contribution in [0.2, 0.25) is 0 Å². The second-order valence-electron chi connectivity index (χ2n) is 19.5. The van der Waals surface area contributed by atoms with Crippen molar-refractivity contribution in [3.8, 4) is 33.8 Å². The lowest BCUT2D eigenvalue weighted by atomic mass is 9.99. The fraction of sp³-hybridized carbons (Fsp3) is 0. The highest BCUT2D eigenvalue weighted by Gasteiger charge is 2.24. The molecule has 15 aromatic rings. The standard InChI is InChI=1S/C71H47N5/c1-2-22-49(73-62-33-14-6-25-51(62)52-26-7-15-34-63(52)73)46-71(76-68-39-20-12-31-57(68)58-32-13-21-40-69(58)76)61-44-48(47-23-4-3-5-24-47)43-60(72-61)59-45-50(74-64-35-16-8-27-53(64)54-28-9-17-36-65(54)74)41-42-70(59)75-66-37-18-10-29-55(66)56-30-11-19-38-67(56)75/h2-46H,1H2/b49-22+,71-46-. The first-order valence-corrected chi connectivity index (χ1v) is 25.9. The second-order valence-corrected chi connectivity index (χ2v) is 19.5. The molecule has 0 fully saturated rings. The quantitative estimate of drug-likeness (QED) is 0.133. The van der Waals surface area contributed by atoms with E-state index in [1.54, 1.807) is 0 Å². The Kier molecular flexibility index (Phi) is 9.97. The second kappa shape index (κ2) is 17.5. The van der Waals surface area contributed by atoms with Gasteiger partial charge in [0.1, 0.15) is 0 Å². The van der Waals surface area contributed by atoms with Crippen LogP contribution in [0.4, 0.5) is 0 Å². The molecule has 0 saturated heterocycles. The van der Waals surface area contributed by atoms with E-state index >= 15 is 0 Å². The minimum absolute atomic E-state index is 0.814. The summed E-state index contributed by atoms with van der Waals surface area (Å²) >= 11 is 0. The van der Waals surface area contributed by atoms with Gasteiger partial charge in [0.05, 0.1) is 66.9 Å². The third-order valence-electron chi connectivity index (χ3n) is 15.3. The topological polar surface area (TPSA) is 32.6 Å². The predicted molar refractivity (Wildman–Crippen MR) is 321 cm³/mol. The fourth-order valence-electron chi connectivity index (χ4n) is 12.1. The largest absolute Gasteiger partial charge is 0.309 e. The maximum absolute atomic E-state index is 6.02. The Hall–Kier alpha value is -10.2. The molecule has 0 N–H and O–H groups in total. The van der Waals surface area contributed by atoms with E-state index in [1.807, 2.05) is 6.08 Å². The highest BCUT2D eigenvalue weighted by atomic mass is 15.0. The molecule has 10 aromatic carbocycles. The minimum atomic E-state index is 0.814. The van der Waals surface area contributed by atoms with E-state index < -0.39 is 0 Å². The van der Waals surface area contributed by atoms with Crippen molar-refractivity contribution >= 4 is 98.6 Å². The first-order valence-electron chi connectivity index (χ1n) is 25.9. The summed E-state index contributed by atoms with van der Waals surface area (Å²) < 4.78 is 9.63. The van der Waals surface area contributed by atoms with Gasteiger partial charge in [0, 0.05) is 60.0 Å². The number of aromatic nitrogens is 5. The Balaban J connectivity index is 1.08. The first kappa shape index (κ1) is 43.4. The fourth-order valence-corrected chi connectivity index (χ4v) is 12.1. The lowest BCUT2D eigenvalue weighted by Crippen LogP contribution is -2.06. The Labute approximate surface area is 438 Å². The highest BCUT2D eigenvalue weighted by Crippen LogP contribution is 2.43. The van der Waals surface area contributed by atoms with Crippen LogP contribution in [0, 0.1) is 0 Å². The molecule has 356 valence electrons. The molecule has 5 heterocycles. The number of para-hydroxylation sites is 8. The van der Waals surface area contributed by atoms with E-state index in [9.17, 15) is 0 Å². The van der Waals surface area contributed by atoms with Crippen molar-refractivity contribution in [1.29, 1.82) is 0 Å². The van der Waals surface area contributed by atoms with Gasteiger partial charge in [-0.25, -0.2) is 4.98 Å². The molecule has 5 aromatic heterocycles. The molecular formula is C71H47N5. The van der Waals surface area contributed by atoms with Crippen molar-refractivity contribution in [2.24, 2.45) is 0 Å². The number of hydrogen-bond donors (Lipinski definition) is 0. The molecule has 0 radical (unpaired) electrons. The molecule has 0 spiro atoms. The number of fused-ring (bicyclic) bond motifs is 12. The van der Waals surface area contributed by atoms with Gasteiger partial charge in [-0.05, 0) is 102 Å². The molecule has 0 saturated carbocycles. The number of nitrogens with zero attached hydrogens (tertiary/aromatic N) is 5. The normalized spacial score (nSPS) is 12.4. The van der Waals surface area contributed by atoms with Crippen LogP contribution in [-0.2, 0) is 0 Å². The Bertz CT molecular complexity index is 4680. The van der Waals surface area contributed by atoms with Gasteiger partial charge in [-0.3, -0.25) is 0 Å². The van der Waals surface area contributed by atoms with E-state index in [0.717, 1.165) is 95.0 Å². The van der Waals surface area contributed by atoms with Crippen molar-refractivity contribution < 1.29 is 0 Å². The van der Waals surface area contributed by atoms with Gasteiger partial charge in [-0.1, -0.05) is 189 Å². The maximum Gasteiger partial charge on any atom is 0.0884 e. The maximum atomic E-state index is 6.02. The van der Waals surface area contributed by atoms with Gasteiger partial charge < -0.3 is 18.3 Å². The zero-order chi connectivity index (χ0) is 50.3. The molecule has 0 unspecified atom stereocenters. The summed E-state index contributed by atoms with van der Waals surface area (Å²) in [6.45, 7) is 4.32. The van der Waals surface area contributed by atoms with Crippen molar-refractivity contribution in [3.05, 3.63) is 285 Å². The average molecular weight is 970 g/mol. The molecule has 0 atom stereocenters. The van der Waals surface area contributed by atoms with Gasteiger partial charge in [0.15, 0.2) is 0 Å². The van der Waals surface area contributed by atoms with Crippen LogP contribution >= 0.6 is 0 Å². The summed E-state index contributed by atoms with van der Waals surface area (Å²) in [7, 11) is 0. The predicted octanol–water partition coefficient (Wildman–Crippen LogP) is 18.4. The third-order valence-corrected chi connectivity index (χ3v) is 15.3. The van der Waals surface area contributed by atoms with Crippen LogP contribution in [0.15, 0.2) is 280 Å². The summed E-state index contributed by atoms with van der Waals surface area (Å²) in [6.07, 6.45) is 6.35. The molecule has 0 aliphatic carbocycles. The zero-order valence-electron chi connectivity index (χ0n) is 41.4. The van der Waals surface area contributed by atoms with E-state index in [-0.39, 0.29) is 0 Å². The molecular weight excluding hydrogens is 923 g/mol. The van der Waals surface area contributed by atoms with Gasteiger partial charge in [0.25, 0.3) is 0 Å². The monoisotopic (exact) mass is 969 g/mol. The number of rotatable bonds is 9. The Morgan fingerprint density at radius 2 is 0.750 bits per heavy atom. The summed E-state index contributed by atoms with van der Waals surface area (Å²) in [5.41, 5.74) is 17.7. The lowest BCUT2D eigenvalue weighted by Gasteiger charge is -2.20. The molecule has 0 amide bonds. The third kappa shape index (κ3) is 6.69. The SMILES string of the molecule is C=C/C=C(\C=C(\c1cc(-c2ccccc2)cc(-c2cc(-n3c4ccccc4c4ccccc43)ccc2-n2c3ccccc3c3ccccc32)n1)n1c2ccccc2c2ccccc21)n1c2ccccc2c2ccccc21. The van der Waals surface area contributed by atoms with Crippen molar-refractivity contribution in [2.45, 2.75) is 0 Å². The van der Waals surface area contributed by atoms with Crippen molar-refractivity contribution in [2.75, 3.05) is 0 Å². The Morgan fingerprint density at radius 1 is 0.355 bits per heavy atom. The summed E-state index contributed by atoms with van der Waals surface area (Å²) in [5, 5.41) is 9.54. The van der Waals surface area contributed by atoms with Gasteiger partial charge in [-0.15, -0.1) is 0 Å². The van der Waals surface area contributed by atoms with Crippen LogP contribution in [0.3, 0.4) is 0 Å². The van der Waals surface area contributed by atoms with E-state index in [1.165, 1.54) is 43.1 Å².